The third-order valence-corrected chi connectivity index (χ3v) is 2.81. The van der Waals surface area contributed by atoms with Gasteiger partial charge in [0.15, 0.2) is 0 Å². The monoisotopic (exact) mass is 261 g/mol. The topological polar surface area (TPSA) is 98.3 Å². The second-order valence-corrected chi connectivity index (χ2v) is 4.03. The van der Waals surface area contributed by atoms with E-state index in [0.29, 0.717) is 12.2 Å². The first kappa shape index (κ1) is 12.7. The summed E-state index contributed by atoms with van der Waals surface area (Å²) < 4.78 is 1.55. The molecular formula is C12H11N3O4. The van der Waals surface area contributed by atoms with Gasteiger partial charge in [-0.05, 0) is 12.5 Å². The molecule has 0 aliphatic heterocycles. The number of aromatic nitrogens is 2. The van der Waals surface area contributed by atoms with Gasteiger partial charge in [0, 0.05) is 12.1 Å². The van der Waals surface area contributed by atoms with Crippen molar-refractivity contribution in [3.8, 4) is 0 Å². The standard InChI is InChI=1S/C12H11N3O4/c1-8-11(12(16)17)6-13-14(8)7-9-2-4-10(5-3-9)15(18)19/h2-6H,7H2,1H3,(H,16,17). The molecule has 0 saturated heterocycles. The molecule has 1 aromatic heterocycles. The van der Waals surface area contributed by atoms with Gasteiger partial charge in [0.25, 0.3) is 5.69 Å². The van der Waals surface area contributed by atoms with Crippen molar-refractivity contribution in [3.63, 3.8) is 0 Å². The van der Waals surface area contributed by atoms with Crippen LogP contribution in [0.3, 0.4) is 0 Å². The molecule has 0 fully saturated rings. The zero-order valence-corrected chi connectivity index (χ0v) is 10.1. The number of nitrogens with zero attached hydrogens (tertiary/aromatic N) is 3. The highest BCUT2D eigenvalue weighted by molar-refractivity contribution is 5.88. The highest BCUT2D eigenvalue weighted by atomic mass is 16.6. The minimum atomic E-state index is -1.02. The van der Waals surface area contributed by atoms with E-state index in [9.17, 15) is 14.9 Å². The van der Waals surface area contributed by atoms with E-state index >= 15 is 0 Å². The Morgan fingerprint density at radius 1 is 1.42 bits per heavy atom. The summed E-state index contributed by atoms with van der Waals surface area (Å²) >= 11 is 0. The maximum atomic E-state index is 10.9. The molecule has 0 bridgehead atoms. The van der Waals surface area contributed by atoms with Crippen molar-refractivity contribution in [2.24, 2.45) is 0 Å². The lowest BCUT2D eigenvalue weighted by atomic mass is 10.2. The molecule has 1 aromatic carbocycles. The van der Waals surface area contributed by atoms with E-state index in [1.54, 1.807) is 23.7 Å². The van der Waals surface area contributed by atoms with Gasteiger partial charge in [-0.3, -0.25) is 14.8 Å². The van der Waals surface area contributed by atoms with E-state index in [4.69, 9.17) is 5.11 Å². The number of carbonyl (C=O) groups is 1. The number of non-ortho nitro benzene ring substituents is 1. The highest BCUT2D eigenvalue weighted by Crippen LogP contribution is 2.14. The molecule has 1 heterocycles. The summed E-state index contributed by atoms with van der Waals surface area (Å²) in [6, 6.07) is 6.07. The zero-order chi connectivity index (χ0) is 14.0. The lowest BCUT2D eigenvalue weighted by Gasteiger charge is -2.04. The van der Waals surface area contributed by atoms with Crippen molar-refractivity contribution in [2.75, 3.05) is 0 Å². The summed E-state index contributed by atoms with van der Waals surface area (Å²) in [7, 11) is 0. The minimum absolute atomic E-state index is 0.0205. The fourth-order valence-electron chi connectivity index (χ4n) is 1.71. The molecule has 2 aromatic rings. The molecule has 0 unspecified atom stereocenters. The Kier molecular flexibility index (Phi) is 3.28. The van der Waals surface area contributed by atoms with Crippen LogP contribution in [0, 0.1) is 17.0 Å². The predicted molar refractivity (Wildman–Crippen MR) is 66.1 cm³/mol. The summed E-state index contributed by atoms with van der Waals surface area (Å²) in [6.45, 7) is 2.04. The number of hydrogen-bond acceptors (Lipinski definition) is 4. The van der Waals surface area contributed by atoms with E-state index in [-0.39, 0.29) is 11.3 Å². The Labute approximate surface area is 108 Å². The van der Waals surface area contributed by atoms with Crippen molar-refractivity contribution < 1.29 is 14.8 Å². The quantitative estimate of drug-likeness (QED) is 0.668. The minimum Gasteiger partial charge on any atom is -0.478 e. The molecule has 0 aliphatic rings. The van der Waals surface area contributed by atoms with Crippen molar-refractivity contribution >= 4 is 11.7 Å². The Bertz CT molecular complexity index is 631. The number of aromatic carboxylic acids is 1. The smallest absolute Gasteiger partial charge is 0.339 e. The first-order chi connectivity index (χ1) is 8.99. The lowest BCUT2D eigenvalue weighted by Crippen LogP contribution is -2.05. The van der Waals surface area contributed by atoms with E-state index in [1.165, 1.54) is 18.3 Å². The summed E-state index contributed by atoms with van der Waals surface area (Å²) in [4.78, 5) is 20.9. The summed E-state index contributed by atoms with van der Waals surface area (Å²) in [6.07, 6.45) is 1.29. The van der Waals surface area contributed by atoms with Crippen LogP contribution in [0.1, 0.15) is 21.6 Å². The van der Waals surface area contributed by atoms with Crippen LogP contribution in [-0.4, -0.2) is 25.8 Å². The summed E-state index contributed by atoms with van der Waals surface area (Å²) in [5.74, 6) is -1.02. The van der Waals surface area contributed by atoms with Crippen molar-refractivity contribution in [2.45, 2.75) is 13.5 Å². The molecule has 0 atom stereocenters. The van der Waals surface area contributed by atoms with Crippen molar-refractivity contribution in [1.29, 1.82) is 0 Å². The Morgan fingerprint density at radius 2 is 2.05 bits per heavy atom. The molecule has 0 saturated carbocycles. The summed E-state index contributed by atoms with van der Waals surface area (Å²) in [5, 5.41) is 23.4. The average molecular weight is 261 g/mol. The molecule has 0 amide bonds. The Hall–Kier alpha value is -2.70. The number of carboxylic acid groups (broad SMARTS) is 1. The molecule has 2 rings (SSSR count). The number of hydrogen-bond donors (Lipinski definition) is 1. The summed E-state index contributed by atoms with van der Waals surface area (Å²) in [5.41, 5.74) is 1.54. The normalized spacial score (nSPS) is 10.4. The zero-order valence-electron chi connectivity index (χ0n) is 10.1. The number of nitro groups is 1. The van der Waals surface area contributed by atoms with Gasteiger partial charge in [-0.2, -0.15) is 5.10 Å². The first-order valence-corrected chi connectivity index (χ1v) is 5.48. The van der Waals surface area contributed by atoms with E-state index in [0.717, 1.165) is 5.56 Å². The average Bonchev–Trinajstić information content (AvgIpc) is 2.72. The maximum Gasteiger partial charge on any atom is 0.339 e. The van der Waals surface area contributed by atoms with Crippen LogP contribution in [0.2, 0.25) is 0 Å². The van der Waals surface area contributed by atoms with Gasteiger partial charge >= 0.3 is 5.97 Å². The van der Waals surface area contributed by atoms with Crippen LogP contribution in [0.4, 0.5) is 5.69 Å². The van der Waals surface area contributed by atoms with Gasteiger partial charge in [0.1, 0.15) is 5.56 Å². The van der Waals surface area contributed by atoms with Gasteiger partial charge in [0.2, 0.25) is 0 Å². The molecule has 0 radical (unpaired) electrons. The van der Waals surface area contributed by atoms with Gasteiger partial charge < -0.3 is 5.11 Å². The third kappa shape index (κ3) is 2.59. The third-order valence-electron chi connectivity index (χ3n) is 2.81. The molecular weight excluding hydrogens is 250 g/mol. The molecule has 0 aliphatic carbocycles. The van der Waals surface area contributed by atoms with Crippen molar-refractivity contribution in [3.05, 3.63) is 57.4 Å². The van der Waals surface area contributed by atoms with Gasteiger partial charge in [0.05, 0.1) is 23.4 Å². The number of carboxylic acids is 1. The molecule has 1 N–H and O–H groups in total. The second kappa shape index (κ2) is 4.89. The fourth-order valence-corrected chi connectivity index (χ4v) is 1.71. The van der Waals surface area contributed by atoms with Crippen LogP contribution >= 0.6 is 0 Å². The van der Waals surface area contributed by atoms with Crippen molar-refractivity contribution in [1.82, 2.24) is 9.78 Å². The van der Waals surface area contributed by atoms with E-state index < -0.39 is 10.9 Å². The second-order valence-electron chi connectivity index (χ2n) is 4.03. The van der Waals surface area contributed by atoms with Crippen LogP contribution in [-0.2, 0) is 6.54 Å². The predicted octanol–water partition coefficient (Wildman–Crippen LogP) is 1.85. The van der Waals surface area contributed by atoms with Gasteiger partial charge in [-0.15, -0.1) is 0 Å². The van der Waals surface area contributed by atoms with Crippen LogP contribution in [0.25, 0.3) is 0 Å². The molecule has 7 heteroatoms. The largest absolute Gasteiger partial charge is 0.478 e. The Balaban J connectivity index is 2.21. The molecule has 0 spiro atoms. The maximum absolute atomic E-state index is 10.9. The molecule has 7 nitrogen and oxygen atoms in total. The SMILES string of the molecule is Cc1c(C(=O)O)cnn1Cc1ccc([N+](=O)[O-])cc1. The van der Waals surface area contributed by atoms with Gasteiger partial charge in [-0.1, -0.05) is 12.1 Å². The fraction of sp³-hybridized carbons (Fsp3) is 0.167. The number of nitro benzene ring substituents is 1. The van der Waals surface area contributed by atoms with E-state index in [2.05, 4.69) is 5.10 Å². The molecule has 98 valence electrons. The first-order valence-electron chi connectivity index (χ1n) is 5.48. The van der Waals surface area contributed by atoms with E-state index in [1.807, 2.05) is 0 Å². The number of benzene rings is 1. The number of rotatable bonds is 4. The Morgan fingerprint density at radius 3 is 2.53 bits per heavy atom. The lowest BCUT2D eigenvalue weighted by molar-refractivity contribution is -0.384. The van der Waals surface area contributed by atoms with Gasteiger partial charge in [-0.25, -0.2) is 4.79 Å². The van der Waals surface area contributed by atoms with Crippen LogP contribution in [0.15, 0.2) is 30.5 Å². The highest BCUT2D eigenvalue weighted by Gasteiger charge is 2.13. The van der Waals surface area contributed by atoms with Crippen LogP contribution < -0.4 is 0 Å². The molecule has 19 heavy (non-hydrogen) atoms. The van der Waals surface area contributed by atoms with Crippen LogP contribution in [0.5, 0.6) is 0 Å².